The van der Waals surface area contributed by atoms with Crippen molar-refractivity contribution in [1.29, 1.82) is 0 Å². The molecule has 112 valence electrons. The monoisotopic (exact) mass is 301 g/mol. The molecule has 0 radical (unpaired) electrons. The zero-order valence-corrected chi connectivity index (χ0v) is 12.7. The average Bonchev–Trinajstić information content (AvgIpc) is 2.26. The van der Waals surface area contributed by atoms with E-state index in [-0.39, 0.29) is 22.6 Å². The molecular formula is C13H19NO5S. The lowest BCUT2D eigenvalue weighted by atomic mass is 10.1. The third-order valence-electron chi connectivity index (χ3n) is 2.81. The predicted octanol–water partition coefficient (Wildman–Crippen LogP) is 1.08. The molecule has 0 aliphatic heterocycles. The van der Waals surface area contributed by atoms with Crippen molar-refractivity contribution < 1.29 is 23.4 Å². The number of aromatic carboxylic acids is 1. The summed E-state index contributed by atoms with van der Waals surface area (Å²) < 4.78 is 25.9. The average molecular weight is 301 g/mol. The zero-order chi connectivity index (χ0) is 15.7. The van der Waals surface area contributed by atoms with Gasteiger partial charge in [-0.3, -0.25) is 0 Å². The largest absolute Gasteiger partial charge is 0.478 e. The first-order valence-electron chi connectivity index (χ1n) is 5.98. The lowest BCUT2D eigenvalue weighted by Crippen LogP contribution is -2.39. The van der Waals surface area contributed by atoms with Gasteiger partial charge in [0, 0.05) is 13.6 Å². The second-order valence-corrected chi connectivity index (χ2v) is 7.32. The predicted molar refractivity (Wildman–Crippen MR) is 74.3 cm³/mol. The quantitative estimate of drug-likeness (QED) is 0.848. The van der Waals surface area contributed by atoms with E-state index >= 15 is 0 Å². The van der Waals surface area contributed by atoms with E-state index in [1.807, 2.05) is 0 Å². The molecule has 1 aromatic rings. The molecule has 0 aliphatic carbocycles. The van der Waals surface area contributed by atoms with Crippen molar-refractivity contribution in [3.63, 3.8) is 0 Å². The van der Waals surface area contributed by atoms with Gasteiger partial charge in [-0.05, 0) is 38.5 Å². The van der Waals surface area contributed by atoms with Crippen LogP contribution in [-0.2, 0) is 10.0 Å². The van der Waals surface area contributed by atoms with E-state index in [1.54, 1.807) is 0 Å². The Labute approximate surface area is 118 Å². The van der Waals surface area contributed by atoms with Gasteiger partial charge in [-0.1, -0.05) is 6.07 Å². The van der Waals surface area contributed by atoms with Crippen LogP contribution in [0, 0.1) is 6.92 Å². The fraction of sp³-hybridized carbons (Fsp3) is 0.462. The summed E-state index contributed by atoms with van der Waals surface area (Å²) in [7, 11) is -2.50. The van der Waals surface area contributed by atoms with Crippen molar-refractivity contribution in [2.75, 3.05) is 13.6 Å². The summed E-state index contributed by atoms with van der Waals surface area (Å²) in [6.45, 7) is 4.36. The molecule has 2 N–H and O–H groups in total. The first-order valence-corrected chi connectivity index (χ1v) is 7.42. The van der Waals surface area contributed by atoms with E-state index < -0.39 is 21.6 Å². The lowest BCUT2D eigenvalue weighted by Gasteiger charge is -2.25. The molecule has 1 aromatic carbocycles. The Morgan fingerprint density at radius 2 is 1.90 bits per heavy atom. The summed E-state index contributed by atoms with van der Waals surface area (Å²) >= 11 is 0. The molecule has 0 atom stereocenters. The van der Waals surface area contributed by atoms with Crippen molar-refractivity contribution in [2.45, 2.75) is 31.3 Å². The van der Waals surface area contributed by atoms with Crippen LogP contribution in [0.4, 0.5) is 0 Å². The maximum Gasteiger partial charge on any atom is 0.335 e. The van der Waals surface area contributed by atoms with Crippen molar-refractivity contribution in [3.05, 3.63) is 29.3 Å². The van der Waals surface area contributed by atoms with Crippen molar-refractivity contribution in [1.82, 2.24) is 4.31 Å². The van der Waals surface area contributed by atoms with Crippen LogP contribution in [-0.4, -0.2) is 48.1 Å². The smallest absolute Gasteiger partial charge is 0.335 e. The van der Waals surface area contributed by atoms with Crippen LogP contribution in [0.25, 0.3) is 0 Å². The van der Waals surface area contributed by atoms with E-state index in [1.165, 1.54) is 46.0 Å². The number of likely N-dealkylation sites (N-methyl/N-ethyl adjacent to an activating group) is 1. The topological polar surface area (TPSA) is 94.9 Å². The molecule has 0 fully saturated rings. The maximum atomic E-state index is 12.4. The van der Waals surface area contributed by atoms with Crippen LogP contribution in [0.2, 0.25) is 0 Å². The molecule has 0 bridgehead atoms. The Morgan fingerprint density at radius 1 is 1.35 bits per heavy atom. The highest BCUT2D eigenvalue weighted by Crippen LogP contribution is 2.23. The summed E-state index contributed by atoms with van der Waals surface area (Å²) in [4.78, 5) is 11.0. The van der Waals surface area contributed by atoms with Gasteiger partial charge in [-0.2, -0.15) is 4.31 Å². The molecule has 0 spiro atoms. The van der Waals surface area contributed by atoms with Crippen LogP contribution >= 0.6 is 0 Å². The summed E-state index contributed by atoms with van der Waals surface area (Å²) in [5, 5.41) is 18.7. The minimum Gasteiger partial charge on any atom is -0.478 e. The molecule has 0 aromatic heterocycles. The molecule has 20 heavy (non-hydrogen) atoms. The normalized spacial score (nSPS) is 12.7. The number of hydrogen-bond donors (Lipinski definition) is 2. The second-order valence-electron chi connectivity index (χ2n) is 5.31. The van der Waals surface area contributed by atoms with Crippen LogP contribution in [0.5, 0.6) is 0 Å². The van der Waals surface area contributed by atoms with Crippen molar-refractivity contribution >= 4 is 16.0 Å². The van der Waals surface area contributed by atoms with Crippen LogP contribution in [0.1, 0.15) is 29.8 Å². The number of nitrogens with zero attached hydrogens (tertiary/aromatic N) is 1. The third kappa shape index (κ3) is 3.56. The van der Waals surface area contributed by atoms with Crippen molar-refractivity contribution in [3.8, 4) is 0 Å². The number of carbonyl (C=O) groups is 1. The third-order valence-corrected chi connectivity index (χ3v) is 4.76. The van der Waals surface area contributed by atoms with Crippen LogP contribution in [0.3, 0.4) is 0 Å². The molecule has 0 saturated carbocycles. The van der Waals surface area contributed by atoms with Gasteiger partial charge in [0.25, 0.3) is 0 Å². The van der Waals surface area contributed by atoms with Crippen LogP contribution in [0.15, 0.2) is 23.1 Å². The number of sulfonamides is 1. The summed E-state index contributed by atoms with van der Waals surface area (Å²) in [6.07, 6.45) is 0. The molecule has 0 unspecified atom stereocenters. The van der Waals surface area contributed by atoms with Gasteiger partial charge in [0.15, 0.2) is 0 Å². The fourth-order valence-electron chi connectivity index (χ4n) is 1.92. The number of rotatable bonds is 5. The maximum absolute atomic E-state index is 12.4. The Bertz CT molecular complexity index is 616. The number of carboxylic acids is 1. The van der Waals surface area contributed by atoms with Gasteiger partial charge in [-0.15, -0.1) is 0 Å². The highest BCUT2D eigenvalue weighted by molar-refractivity contribution is 7.89. The summed E-state index contributed by atoms with van der Waals surface area (Å²) in [5.41, 5.74) is -1.05. The van der Waals surface area contributed by atoms with Gasteiger partial charge < -0.3 is 10.2 Å². The molecule has 0 aliphatic rings. The molecule has 7 heteroatoms. The Balaban J connectivity index is 3.30. The highest BCUT2D eigenvalue weighted by atomic mass is 32.2. The van der Waals surface area contributed by atoms with E-state index in [0.29, 0.717) is 0 Å². The molecule has 0 amide bonds. The zero-order valence-electron chi connectivity index (χ0n) is 11.9. The number of benzene rings is 1. The molecule has 1 rings (SSSR count). The highest BCUT2D eigenvalue weighted by Gasteiger charge is 2.28. The molecule has 0 heterocycles. The van der Waals surface area contributed by atoms with E-state index in [2.05, 4.69) is 0 Å². The molecule has 6 nitrogen and oxygen atoms in total. The second kappa shape index (κ2) is 5.51. The van der Waals surface area contributed by atoms with Crippen molar-refractivity contribution in [2.24, 2.45) is 0 Å². The first kappa shape index (κ1) is 16.6. The molecular weight excluding hydrogens is 282 g/mol. The van der Waals surface area contributed by atoms with Gasteiger partial charge in [0.1, 0.15) is 0 Å². The number of hydrogen-bond acceptors (Lipinski definition) is 4. The Kier molecular flexibility index (Phi) is 4.58. The SMILES string of the molecule is Cc1c(C(=O)O)cccc1S(=O)(=O)N(C)CC(C)(C)O. The number of aliphatic hydroxyl groups is 1. The standard InChI is InChI=1S/C13H19NO5S/c1-9-10(12(15)16)6-5-7-11(9)20(18,19)14(4)8-13(2,3)17/h5-7,17H,8H2,1-4H3,(H,15,16). The first-order chi connectivity index (χ1) is 8.97. The molecule has 0 saturated heterocycles. The van der Waals surface area contributed by atoms with E-state index in [9.17, 15) is 18.3 Å². The fourth-order valence-corrected chi connectivity index (χ4v) is 3.49. The van der Waals surface area contributed by atoms with Gasteiger partial charge in [0.05, 0.1) is 16.1 Å². The Hall–Kier alpha value is -1.44. The minimum atomic E-state index is -3.85. The van der Waals surface area contributed by atoms with Gasteiger partial charge in [-0.25, -0.2) is 13.2 Å². The van der Waals surface area contributed by atoms with Gasteiger partial charge in [0.2, 0.25) is 10.0 Å². The summed E-state index contributed by atoms with van der Waals surface area (Å²) in [5.74, 6) is -1.18. The minimum absolute atomic E-state index is 0.0530. The summed E-state index contributed by atoms with van der Waals surface area (Å²) in [6, 6.07) is 4.10. The lowest BCUT2D eigenvalue weighted by molar-refractivity contribution is 0.0638. The van der Waals surface area contributed by atoms with Crippen LogP contribution < -0.4 is 0 Å². The number of carboxylic acid groups (broad SMARTS) is 1. The Morgan fingerprint density at radius 3 is 2.35 bits per heavy atom. The van der Waals surface area contributed by atoms with Gasteiger partial charge >= 0.3 is 5.97 Å². The van der Waals surface area contributed by atoms with E-state index in [4.69, 9.17) is 5.11 Å². The van der Waals surface area contributed by atoms with E-state index in [0.717, 1.165) is 4.31 Å².